The first kappa shape index (κ1) is 18.1. The van der Waals surface area contributed by atoms with E-state index in [0.29, 0.717) is 6.42 Å². The van der Waals surface area contributed by atoms with Gasteiger partial charge in [-0.2, -0.15) is 0 Å². The van der Waals surface area contributed by atoms with Gasteiger partial charge in [-0.15, -0.1) is 0 Å². The second kappa shape index (κ2) is 7.30. The van der Waals surface area contributed by atoms with Crippen LogP contribution in [0.3, 0.4) is 0 Å². The third kappa shape index (κ3) is 3.22. The first-order valence-electron chi connectivity index (χ1n) is 8.86. The molecule has 2 aromatic rings. The summed E-state index contributed by atoms with van der Waals surface area (Å²) < 4.78 is 5.33. The first-order chi connectivity index (χ1) is 12.5. The molecule has 5 heteroatoms. The molecule has 3 rings (SSSR count). The standard InChI is InChI=1S/C21H23NO4/c1-2-3-11-21(22,19(23)24)20(25)26-13-15-8-6-10-17-16-9-5-4-7-14(16)12-18(15)17/h4-10H,2-3,11-13,22H2,1H3,(H,23,24). The summed E-state index contributed by atoms with van der Waals surface area (Å²) in [6, 6.07) is 14.1. The van der Waals surface area contributed by atoms with Crippen molar-refractivity contribution >= 4 is 11.9 Å². The van der Waals surface area contributed by atoms with Crippen LogP contribution >= 0.6 is 0 Å². The van der Waals surface area contributed by atoms with E-state index in [2.05, 4.69) is 18.2 Å². The lowest BCUT2D eigenvalue weighted by Crippen LogP contribution is -2.55. The fourth-order valence-electron chi connectivity index (χ4n) is 3.38. The Labute approximate surface area is 152 Å². The molecule has 1 aliphatic carbocycles. The van der Waals surface area contributed by atoms with Crippen LogP contribution in [0.1, 0.15) is 42.9 Å². The molecule has 1 unspecified atom stereocenters. The molecule has 1 aliphatic rings. The van der Waals surface area contributed by atoms with E-state index in [4.69, 9.17) is 10.5 Å². The quantitative estimate of drug-likeness (QED) is 0.503. The predicted molar refractivity (Wildman–Crippen MR) is 98.6 cm³/mol. The number of benzene rings is 2. The fraction of sp³-hybridized carbons (Fsp3) is 0.333. The monoisotopic (exact) mass is 353 g/mol. The van der Waals surface area contributed by atoms with Crippen LogP contribution in [-0.2, 0) is 27.4 Å². The lowest BCUT2D eigenvalue weighted by atomic mass is 9.94. The van der Waals surface area contributed by atoms with Crippen LogP contribution in [0.4, 0.5) is 0 Å². The number of rotatable bonds is 7. The van der Waals surface area contributed by atoms with Gasteiger partial charge in [-0.1, -0.05) is 62.2 Å². The third-order valence-corrected chi connectivity index (χ3v) is 4.98. The number of hydrogen-bond acceptors (Lipinski definition) is 4. The fourth-order valence-corrected chi connectivity index (χ4v) is 3.38. The molecule has 5 nitrogen and oxygen atoms in total. The molecule has 0 aliphatic heterocycles. The lowest BCUT2D eigenvalue weighted by Gasteiger charge is -2.22. The number of ether oxygens (including phenoxy) is 1. The zero-order chi connectivity index (χ0) is 18.7. The number of carbonyl (C=O) groups is 2. The molecule has 0 aromatic heterocycles. The molecule has 26 heavy (non-hydrogen) atoms. The van der Waals surface area contributed by atoms with E-state index in [0.717, 1.165) is 29.5 Å². The Morgan fingerprint density at radius 1 is 1.15 bits per heavy atom. The Morgan fingerprint density at radius 3 is 2.62 bits per heavy atom. The van der Waals surface area contributed by atoms with E-state index in [1.807, 2.05) is 31.2 Å². The number of unbranched alkanes of at least 4 members (excludes halogenated alkanes) is 1. The Hall–Kier alpha value is -2.66. The smallest absolute Gasteiger partial charge is 0.338 e. The van der Waals surface area contributed by atoms with Gasteiger partial charge in [0.2, 0.25) is 5.54 Å². The minimum Gasteiger partial charge on any atom is -0.479 e. The Balaban J connectivity index is 1.77. The van der Waals surface area contributed by atoms with Gasteiger partial charge >= 0.3 is 11.9 Å². The molecular formula is C21H23NO4. The summed E-state index contributed by atoms with van der Waals surface area (Å²) in [5, 5.41) is 9.37. The molecule has 0 spiro atoms. The van der Waals surface area contributed by atoms with Crippen molar-refractivity contribution in [2.75, 3.05) is 0 Å². The van der Waals surface area contributed by atoms with Gasteiger partial charge in [0.25, 0.3) is 0 Å². The number of carboxylic acid groups (broad SMARTS) is 1. The number of carboxylic acids is 1. The normalized spacial score (nSPS) is 14.2. The highest BCUT2D eigenvalue weighted by Gasteiger charge is 2.43. The number of esters is 1. The number of hydrogen-bond donors (Lipinski definition) is 2. The highest BCUT2D eigenvalue weighted by atomic mass is 16.5. The lowest BCUT2D eigenvalue weighted by molar-refractivity contribution is -0.162. The molecule has 1 atom stereocenters. The van der Waals surface area contributed by atoms with Crippen molar-refractivity contribution in [3.8, 4) is 11.1 Å². The van der Waals surface area contributed by atoms with E-state index in [1.165, 1.54) is 11.1 Å². The average Bonchev–Trinajstić information content (AvgIpc) is 3.03. The number of carbonyl (C=O) groups excluding carboxylic acids is 1. The van der Waals surface area contributed by atoms with Crippen LogP contribution in [0, 0.1) is 0 Å². The second-order valence-corrected chi connectivity index (χ2v) is 6.73. The highest BCUT2D eigenvalue weighted by Crippen LogP contribution is 2.38. The van der Waals surface area contributed by atoms with Crippen molar-refractivity contribution in [2.24, 2.45) is 5.73 Å². The molecule has 0 radical (unpaired) electrons. The highest BCUT2D eigenvalue weighted by molar-refractivity contribution is 6.03. The van der Waals surface area contributed by atoms with Gasteiger partial charge in [0, 0.05) is 0 Å². The zero-order valence-corrected chi connectivity index (χ0v) is 14.8. The molecule has 0 amide bonds. The number of aliphatic carboxylic acids is 1. The van der Waals surface area contributed by atoms with Gasteiger partial charge in [-0.25, -0.2) is 9.59 Å². The van der Waals surface area contributed by atoms with E-state index < -0.39 is 17.5 Å². The van der Waals surface area contributed by atoms with Gasteiger partial charge in [-0.05, 0) is 40.7 Å². The Bertz CT molecular complexity index is 846. The molecule has 0 saturated heterocycles. The minimum atomic E-state index is -1.99. The molecule has 2 aromatic carbocycles. The molecule has 0 saturated carbocycles. The van der Waals surface area contributed by atoms with Gasteiger partial charge in [-0.3, -0.25) is 0 Å². The van der Waals surface area contributed by atoms with Crippen molar-refractivity contribution < 1.29 is 19.4 Å². The SMILES string of the molecule is CCCCC(N)(C(=O)O)C(=O)OCc1cccc2c1Cc1ccccc1-2. The summed E-state index contributed by atoms with van der Waals surface area (Å²) in [4.78, 5) is 23.9. The third-order valence-electron chi connectivity index (χ3n) is 4.98. The van der Waals surface area contributed by atoms with Crippen LogP contribution in [0.15, 0.2) is 42.5 Å². The molecular weight excluding hydrogens is 330 g/mol. The van der Waals surface area contributed by atoms with E-state index in [-0.39, 0.29) is 13.0 Å². The van der Waals surface area contributed by atoms with Gasteiger partial charge in [0.15, 0.2) is 0 Å². The zero-order valence-electron chi connectivity index (χ0n) is 14.8. The first-order valence-corrected chi connectivity index (χ1v) is 8.86. The average molecular weight is 353 g/mol. The van der Waals surface area contributed by atoms with Crippen LogP contribution in [0.5, 0.6) is 0 Å². The number of nitrogens with two attached hydrogens (primary N) is 1. The molecule has 0 bridgehead atoms. The van der Waals surface area contributed by atoms with E-state index in [1.54, 1.807) is 0 Å². The number of fused-ring (bicyclic) bond motifs is 3. The van der Waals surface area contributed by atoms with Crippen LogP contribution < -0.4 is 5.73 Å². The van der Waals surface area contributed by atoms with Crippen molar-refractivity contribution in [1.82, 2.24) is 0 Å². The second-order valence-electron chi connectivity index (χ2n) is 6.73. The van der Waals surface area contributed by atoms with Crippen molar-refractivity contribution in [2.45, 2.75) is 44.8 Å². The Morgan fingerprint density at radius 2 is 1.88 bits per heavy atom. The van der Waals surface area contributed by atoms with Gasteiger partial charge < -0.3 is 15.6 Å². The summed E-state index contributed by atoms with van der Waals surface area (Å²) in [6.45, 7) is 1.94. The summed E-state index contributed by atoms with van der Waals surface area (Å²) in [6.07, 6.45) is 2.15. The van der Waals surface area contributed by atoms with Gasteiger partial charge in [0.1, 0.15) is 6.61 Å². The van der Waals surface area contributed by atoms with E-state index in [9.17, 15) is 14.7 Å². The molecule has 136 valence electrons. The molecule has 3 N–H and O–H groups in total. The van der Waals surface area contributed by atoms with Gasteiger partial charge in [0.05, 0.1) is 0 Å². The molecule has 0 fully saturated rings. The van der Waals surface area contributed by atoms with Crippen LogP contribution in [-0.4, -0.2) is 22.6 Å². The summed E-state index contributed by atoms with van der Waals surface area (Å²) >= 11 is 0. The van der Waals surface area contributed by atoms with Crippen molar-refractivity contribution in [1.29, 1.82) is 0 Å². The maximum atomic E-state index is 12.4. The summed E-state index contributed by atoms with van der Waals surface area (Å²) in [7, 11) is 0. The Kier molecular flexibility index (Phi) is 5.09. The summed E-state index contributed by atoms with van der Waals surface area (Å²) in [5.41, 5.74) is 9.42. The predicted octanol–water partition coefficient (Wildman–Crippen LogP) is 3.27. The molecule has 0 heterocycles. The van der Waals surface area contributed by atoms with Crippen molar-refractivity contribution in [3.63, 3.8) is 0 Å². The largest absolute Gasteiger partial charge is 0.479 e. The summed E-state index contributed by atoms with van der Waals surface area (Å²) in [5.74, 6) is -2.23. The van der Waals surface area contributed by atoms with Crippen molar-refractivity contribution in [3.05, 3.63) is 59.2 Å². The van der Waals surface area contributed by atoms with E-state index >= 15 is 0 Å². The maximum absolute atomic E-state index is 12.4. The van der Waals surface area contributed by atoms with Crippen LogP contribution in [0.25, 0.3) is 11.1 Å². The minimum absolute atomic E-state index is 0.0222. The topological polar surface area (TPSA) is 89.6 Å². The maximum Gasteiger partial charge on any atom is 0.338 e. The van der Waals surface area contributed by atoms with Crippen LogP contribution in [0.2, 0.25) is 0 Å².